The van der Waals surface area contributed by atoms with Gasteiger partial charge in [-0.15, -0.1) is 0 Å². The molecule has 1 aliphatic carbocycles. The number of benzene rings is 1. The zero-order valence-electron chi connectivity index (χ0n) is 10.9. The molecule has 0 aromatic heterocycles. The summed E-state index contributed by atoms with van der Waals surface area (Å²) in [5.74, 6) is -0.233. The molecule has 0 aliphatic heterocycles. The normalized spacial score (nSPS) is 15.5. The molecule has 1 aromatic carbocycles. The van der Waals surface area contributed by atoms with Crippen molar-refractivity contribution >= 4 is 15.9 Å². The molecule has 0 spiro atoms. The molecule has 1 aliphatic rings. The lowest BCUT2D eigenvalue weighted by molar-refractivity contribution is -0.121. The van der Waals surface area contributed by atoms with Crippen molar-refractivity contribution in [2.75, 3.05) is 12.8 Å². The summed E-state index contributed by atoms with van der Waals surface area (Å²) < 4.78 is 24.6. The molecule has 5 nitrogen and oxygen atoms in total. The molecule has 19 heavy (non-hydrogen) atoms. The van der Waals surface area contributed by atoms with Gasteiger partial charge in [0, 0.05) is 12.6 Å². The molecular weight excluding hydrogens is 264 g/mol. The van der Waals surface area contributed by atoms with Crippen LogP contribution in [0.1, 0.15) is 18.4 Å². The van der Waals surface area contributed by atoms with E-state index in [1.165, 1.54) is 4.31 Å². The summed E-state index contributed by atoms with van der Waals surface area (Å²) in [5.41, 5.74) is 0.868. The predicted molar refractivity (Wildman–Crippen MR) is 72.9 cm³/mol. The van der Waals surface area contributed by atoms with Crippen molar-refractivity contribution in [3.05, 3.63) is 35.9 Å². The van der Waals surface area contributed by atoms with Crippen LogP contribution in [0.15, 0.2) is 30.3 Å². The first-order chi connectivity index (χ1) is 8.95. The minimum Gasteiger partial charge on any atom is -0.352 e. The molecule has 0 saturated heterocycles. The van der Waals surface area contributed by atoms with Gasteiger partial charge in [-0.1, -0.05) is 30.3 Å². The van der Waals surface area contributed by atoms with Crippen LogP contribution in [0.3, 0.4) is 0 Å². The smallest absolute Gasteiger partial charge is 0.235 e. The van der Waals surface area contributed by atoms with E-state index in [9.17, 15) is 13.2 Å². The molecule has 0 heterocycles. The molecule has 1 amide bonds. The van der Waals surface area contributed by atoms with Crippen molar-refractivity contribution in [3.63, 3.8) is 0 Å². The van der Waals surface area contributed by atoms with Crippen molar-refractivity contribution in [1.29, 1.82) is 0 Å². The number of rotatable bonds is 6. The molecule has 1 N–H and O–H groups in total. The Bertz CT molecular complexity index is 538. The van der Waals surface area contributed by atoms with Gasteiger partial charge in [0.2, 0.25) is 15.9 Å². The Hall–Kier alpha value is -1.40. The molecule has 1 fully saturated rings. The third kappa shape index (κ3) is 4.65. The first-order valence-electron chi connectivity index (χ1n) is 6.23. The topological polar surface area (TPSA) is 66.5 Å². The van der Waals surface area contributed by atoms with Gasteiger partial charge in [-0.25, -0.2) is 8.42 Å². The highest BCUT2D eigenvalue weighted by Crippen LogP contribution is 2.18. The van der Waals surface area contributed by atoms with Crippen molar-refractivity contribution in [3.8, 4) is 0 Å². The van der Waals surface area contributed by atoms with Crippen LogP contribution in [-0.2, 0) is 21.4 Å². The van der Waals surface area contributed by atoms with Crippen molar-refractivity contribution in [1.82, 2.24) is 9.62 Å². The van der Waals surface area contributed by atoms with E-state index < -0.39 is 10.0 Å². The van der Waals surface area contributed by atoms with Crippen molar-refractivity contribution < 1.29 is 13.2 Å². The molecule has 2 rings (SSSR count). The summed E-state index contributed by atoms with van der Waals surface area (Å²) in [5, 5.41) is 2.80. The Kier molecular flexibility index (Phi) is 4.21. The van der Waals surface area contributed by atoms with Crippen LogP contribution in [0.4, 0.5) is 0 Å². The fraction of sp³-hybridized carbons (Fsp3) is 0.462. The highest BCUT2D eigenvalue weighted by Gasteiger charge is 2.26. The van der Waals surface area contributed by atoms with E-state index in [0.717, 1.165) is 24.7 Å². The van der Waals surface area contributed by atoms with Gasteiger partial charge in [0.25, 0.3) is 0 Å². The largest absolute Gasteiger partial charge is 0.352 e. The van der Waals surface area contributed by atoms with Gasteiger partial charge in [-0.3, -0.25) is 4.79 Å². The summed E-state index contributed by atoms with van der Waals surface area (Å²) in [4.78, 5) is 11.7. The van der Waals surface area contributed by atoms with Crippen molar-refractivity contribution in [2.24, 2.45) is 0 Å². The van der Waals surface area contributed by atoms with Gasteiger partial charge in [0.05, 0.1) is 12.8 Å². The molecule has 1 saturated carbocycles. The van der Waals surface area contributed by atoms with E-state index in [2.05, 4.69) is 5.32 Å². The molecule has 0 radical (unpaired) electrons. The third-order valence-electron chi connectivity index (χ3n) is 2.93. The summed E-state index contributed by atoms with van der Waals surface area (Å²) in [6, 6.07) is 9.49. The maximum absolute atomic E-state index is 11.7. The number of amides is 1. The number of sulfonamides is 1. The first kappa shape index (κ1) is 14.0. The number of hydrogen-bond acceptors (Lipinski definition) is 3. The van der Waals surface area contributed by atoms with Crippen LogP contribution in [0, 0.1) is 0 Å². The van der Waals surface area contributed by atoms with Gasteiger partial charge >= 0.3 is 0 Å². The number of nitrogens with zero attached hydrogens (tertiary/aromatic N) is 1. The van der Waals surface area contributed by atoms with Crippen LogP contribution >= 0.6 is 0 Å². The van der Waals surface area contributed by atoms with Crippen LogP contribution in [0.5, 0.6) is 0 Å². The SMILES string of the molecule is CS(=O)(=O)N(CC(=O)NC1CC1)Cc1ccccc1. The average Bonchev–Trinajstić information content (AvgIpc) is 3.12. The zero-order chi connectivity index (χ0) is 13.9. The minimum absolute atomic E-state index is 0.121. The Morgan fingerprint density at radius 3 is 2.47 bits per heavy atom. The zero-order valence-corrected chi connectivity index (χ0v) is 11.7. The number of carbonyl (C=O) groups is 1. The van der Waals surface area contributed by atoms with Crippen LogP contribution in [0.25, 0.3) is 0 Å². The summed E-state index contributed by atoms with van der Waals surface area (Å²) in [7, 11) is -3.40. The van der Waals surface area contributed by atoms with Gasteiger partial charge in [0.15, 0.2) is 0 Å². The number of carbonyl (C=O) groups excluding carboxylic acids is 1. The second-order valence-corrected chi connectivity index (χ2v) is 6.84. The number of nitrogens with one attached hydrogen (secondary N) is 1. The molecular formula is C13H18N2O3S. The standard InChI is InChI=1S/C13H18N2O3S/c1-19(17,18)15(9-11-5-3-2-4-6-11)10-13(16)14-12-7-8-12/h2-6,12H,7-10H2,1H3,(H,14,16). The molecule has 0 atom stereocenters. The fourth-order valence-electron chi connectivity index (χ4n) is 1.74. The highest BCUT2D eigenvalue weighted by atomic mass is 32.2. The Labute approximate surface area is 113 Å². The Balaban J connectivity index is 2.01. The minimum atomic E-state index is -3.40. The molecule has 1 aromatic rings. The Morgan fingerprint density at radius 1 is 1.32 bits per heavy atom. The first-order valence-corrected chi connectivity index (χ1v) is 8.08. The van der Waals surface area contributed by atoms with E-state index in [1.807, 2.05) is 30.3 Å². The second-order valence-electron chi connectivity index (χ2n) is 4.86. The monoisotopic (exact) mass is 282 g/mol. The average molecular weight is 282 g/mol. The van der Waals surface area contributed by atoms with Gasteiger partial charge in [0.1, 0.15) is 0 Å². The lowest BCUT2D eigenvalue weighted by atomic mass is 10.2. The van der Waals surface area contributed by atoms with E-state index in [-0.39, 0.29) is 25.0 Å². The summed E-state index contributed by atoms with van der Waals surface area (Å²) in [6.07, 6.45) is 3.10. The van der Waals surface area contributed by atoms with Gasteiger partial charge < -0.3 is 5.32 Å². The molecule has 6 heteroatoms. The van der Waals surface area contributed by atoms with Gasteiger partial charge in [-0.2, -0.15) is 4.31 Å². The third-order valence-corrected chi connectivity index (χ3v) is 4.13. The van der Waals surface area contributed by atoms with E-state index in [4.69, 9.17) is 0 Å². The van der Waals surface area contributed by atoms with E-state index >= 15 is 0 Å². The lowest BCUT2D eigenvalue weighted by Crippen LogP contribution is -2.40. The summed E-state index contributed by atoms with van der Waals surface area (Å²) in [6.45, 7) is 0.0992. The van der Waals surface area contributed by atoms with E-state index in [0.29, 0.717) is 0 Å². The maximum atomic E-state index is 11.7. The Morgan fingerprint density at radius 2 is 1.95 bits per heavy atom. The molecule has 104 valence electrons. The van der Waals surface area contributed by atoms with Gasteiger partial charge in [-0.05, 0) is 18.4 Å². The molecule has 0 bridgehead atoms. The predicted octanol–water partition coefficient (Wildman–Crippen LogP) is 0.727. The lowest BCUT2D eigenvalue weighted by Gasteiger charge is -2.19. The van der Waals surface area contributed by atoms with Crippen molar-refractivity contribution in [2.45, 2.75) is 25.4 Å². The second kappa shape index (κ2) is 5.71. The quantitative estimate of drug-likeness (QED) is 0.836. The van der Waals surface area contributed by atoms with E-state index in [1.54, 1.807) is 0 Å². The van der Waals surface area contributed by atoms with Crippen LogP contribution in [-0.4, -0.2) is 37.5 Å². The number of hydrogen-bond donors (Lipinski definition) is 1. The maximum Gasteiger partial charge on any atom is 0.235 e. The fourth-order valence-corrected chi connectivity index (χ4v) is 2.47. The highest BCUT2D eigenvalue weighted by molar-refractivity contribution is 7.88. The molecule has 0 unspecified atom stereocenters. The summed E-state index contributed by atoms with van der Waals surface area (Å²) >= 11 is 0. The van der Waals surface area contributed by atoms with Crippen LogP contribution < -0.4 is 5.32 Å². The van der Waals surface area contributed by atoms with Crippen LogP contribution in [0.2, 0.25) is 0 Å².